The minimum absolute atomic E-state index is 0.102. The molecule has 144 valence electrons. The summed E-state index contributed by atoms with van der Waals surface area (Å²) in [5, 5.41) is 6.03. The predicted octanol–water partition coefficient (Wildman–Crippen LogP) is 4.82. The zero-order chi connectivity index (χ0) is 19.9. The first-order valence-corrected chi connectivity index (χ1v) is 9.31. The third kappa shape index (κ3) is 5.07. The van der Waals surface area contributed by atoms with E-state index in [1.54, 1.807) is 24.4 Å². The Bertz CT molecular complexity index is 939. The number of nitrogens with one attached hydrogen (secondary N) is 2. The summed E-state index contributed by atoms with van der Waals surface area (Å²) < 4.78 is 5.61. The average molecular weight is 376 g/mol. The van der Waals surface area contributed by atoms with Crippen LogP contribution in [0.5, 0.6) is 5.75 Å². The van der Waals surface area contributed by atoms with E-state index >= 15 is 0 Å². The molecular formula is C22H24N4O2. The van der Waals surface area contributed by atoms with Crippen molar-refractivity contribution in [1.82, 2.24) is 9.97 Å². The van der Waals surface area contributed by atoms with Crippen LogP contribution in [-0.2, 0) is 6.42 Å². The Morgan fingerprint density at radius 1 is 1.07 bits per heavy atom. The lowest BCUT2D eigenvalue weighted by atomic mass is 10.1. The number of aromatic nitrogens is 2. The highest BCUT2D eigenvalue weighted by Gasteiger charge is 2.10. The second-order valence-electron chi connectivity index (χ2n) is 6.55. The van der Waals surface area contributed by atoms with Gasteiger partial charge in [0.15, 0.2) is 0 Å². The van der Waals surface area contributed by atoms with E-state index in [-0.39, 0.29) is 17.7 Å². The van der Waals surface area contributed by atoms with Crippen LogP contribution < -0.4 is 15.4 Å². The summed E-state index contributed by atoms with van der Waals surface area (Å²) >= 11 is 0. The van der Waals surface area contributed by atoms with Crippen LogP contribution in [-0.4, -0.2) is 22.0 Å². The number of rotatable bonds is 7. The summed E-state index contributed by atoms with van der Waals surface area (Å²) in [6.45, 7) is 6.02. The minimum Gasteiger partial charge on any atom is -0.491 e. The van der Waals surface area contributed by atoms with Gasteiger partial charge in [0, 0.05) is 17.6 Å². The number of benzene rings is 2. The van der Waals surface area contributed by atoms with Gasteiger partial charge < -0.3 is 15.4 Å². The molecule has 2 N–H and O–H groups in total. The van der Waals surface area contributed by atoms with Crippen molar-refractivity contribution < 1.29 is 9.53 Å². The van der Waals surface area contributed by atoms with Gasteiger partial charge in [-0.2, -0.15) is 0 Å². The van der Waals surface area contributed by atoms with Crippen molar-refractivity contribution in [1.29, 1.82) is 0 Å². The molecular weight excluding hydrogens is 352 g/mol. The first kappa shape index (κ1) is 19.4. The number of hydrogen-bond acceptors (Lipinski definition) is 5. The summed E-state index contributed by atoms with van der Waals surface area (Å²) in [6.07, 6.45) is 2.56. The predicted molar refractivity (Wildman–Crippen MR) is 111 cm³/mol. The van der Waals surface area contributed by atoms with Gasteiger partial charge in [0.05, 0.1) is 6.10 Å². The third-order valence-corrected chi connectivity index (χ3v) is 4.02. The van der Waals surface area contributed by atoms with Crippen molar-refractivity contribution in [2.75, 3.05) is 10.6 Å². The molecule has 0 saturated carbocycles. The van der Waals surface area contributed by atoms with Crippen LogP contribution in [0.4, 0.5) is 17.3 Å². The molecule has 28 heavy (non-hydrogen) atoms. The second kappa shape index (κ2) is 8.99. The Balaban J connectivity index is 1.70. The van der Waals surface area contributed by atoms with Crippen molar-refractivity contribution in [2.45, 2.75) is 33.3 Å². The van der Waals surface area contributed by atoms with Crippen molar-refractivity contribution in [2.24, 2.45) is 0 Å². The molecule has 1 heterocycles. The van der Waals surface area contributed by atoms with Crippen LogP contribution in [0.15, 0.2) is 60.8 Å². The number of aryl methyl sites for hydroxylation is 1. The molecule has 1 aromatic heterocycles. The number of anilines is 3. The molecule has 1 amide bonds. The van der Waals surface area contributed by atoms with E-state index in [4.69, 9.17) is 4.74 Å². The van der Waals surface area contributed by atoms with Gasteiger partial charge in [0.1, 0.15) is 11.4 Å². The molecule has 0 radical (unpaired) electrons. The van der Waals surface area contributed by atoms with Gasteiger partial charge in [-0.25, -0.2) is 9.97 Å². The number of para-hydroxylation sites is 1. The minimum atomic E-state index is -0.299. The summed E-state index contributed by atoms with van der Waals surface area (Å²) in [5.41, 5.74) is 3.05. The lowest BCUT2D eigenvalue weighted by Gasteiger charge is -2.11. The van der Waals surface area contributed by atoms with E-state index in [0.29, 0.717) is 11.6 Å². The standard InChI is InChI=1S/C22H24N4O2/c1-4-16-7-5-6-8-19(16)25-22-23-14-13-20(26-22)21(27)24-17-9-11-18(12-10-17)28-15(2)3/h5-15H,4H2,1-3H3,(H,24,27)(H,23,25,26). The van der Waals surface area contributed by atoms with Gasteiger partial charge in [-0.05, 0) is 62.2 Å². The Morgan fingerprint density at radius 2 is 1.82 bits per heavy atom. The molecule has 3 aromatic rings. The molecule has 0 bridgehead atoms. The van der Waals surface area contributed by atoms with E-state index < -0.39 is 0 Å². The van der Waals surface area contributed by atoms with E-state index in [0.717, 1.165) is 23.4 Å². The maximum atomic E-state index is 12.5. The lowest BCUT2D eigenvalue weighted by molar-refractivity contribution is 0.102. The molecule has 0 aliphatic carbocycles. The molecule has 0 unspecified atom stereocenters. The second-order valence-corrected chi connectivity index (χ2v) is 6.55. The SMILES string of the molecule is CCc1ccccc1Nc1nccc(C(=O)Nc2ccc(OC(C)C)cc2)n1. The van der Waals surface area contributed by atoms with Gasteiger partial charge in [-0.1, -0.05) is 25.1 Å². The van der Waals surface area contributed by atoms with Crippen LogP contribution in [0.2, 0.25) is 0 Å². The number of nitrogens with zero attached hydrogens (tertiary/aromatic N) is 2. The number of carbonyl (C=O) groups is 1. The van der Waals surface area contributed by atoms with E-state index in [1.807, 2.05) is 50.2 Å². The van der Waals surface area contributed by atoms with Gasteiger partial charge in [-0.15, -0.1) is 0 Å². The van der Waals surface area contributed by atoms with Gasteiger partial charge in [0.25, 0.3) is 5.91 Å². The zero-order valence-electron chi connectivity index (χ0n) is 16.3. The first-order chi connectivity index (χ1) is 13.5. The Morgan fingerprint density at radius 3 is 2.54 bits per heavy atom. The van der Waals surface area contributed by atoms with Gasteiger partial charge >= 0.3 is 0 Å². The molecule has 3 rings (SSSR count). The number of hydrogen-bond donors (Lipinski definition) is 2. The fourth-order valence-corrected chi connectivity index (χ4v) is 2.70. The number of ether oxygens (including phenoxy) is 1. The largest absolute Gasteiger partial charge is 0.491 e. The summed E-state index contributed by atoms with van der Waals surface area (Å²) in [7, 11) is 0. The lowest BCUT2D eigenvalue weighted by Crippen LogP contribution is -2.15. The molecule has 0 saturated heterocycles. The van der Waals surface area contributed by atoms with Crippen molar-refractivity contribution in [3.8, 4) is 5.75 Å². The molecule has 6 nitrogen and oxygen atoms in total. The molecule has 0 aliphatic heterocycles. The number of carbonyl (C=O) groups excluding carboxylic acids is 1. The van der Waals surface area contributed by atoms with Crippen LogP contribution in [0.3, 0.4) is 0 Å². The van der Waals surface area contributed by atoms with Crippen molar-refractivity contribution >= 4 is 23.2 Å². The Labute approximate surface area is 165 Å². The topological polar surface area (TPSA) is 76.1 Å². The zero-order valence-corrected chi connectivity index (χ0v) is 16.3. The molecule has 0 aliphatic rings. The highest BCUT2D eigenvalue weighted by Crippen LogP contribution is 2.20. The van der Waals surface area contributed by atoms with Crippen LogP contribution >= 0.6 is 0 Å². The maximum absolute atomic E-state index is 12.5. The fraction of sp³-hybridized carbons (Fsp3) is 0.227. The Kier molecular flexibility index (Phi) is 6.22. The van der Waals surface area contributed by atoms with Gasteiger partial charge in [0.2, 0.25) is 5.95 Å². The summed E-state index contributed by atoms with van der Waals surface area (Å²) in [5.74, 6) is 0.845. The average Bonchev–Trinajstić information content (AvgIpc) is 2.70. The summed E-state index contributed by atoms with van der Waals surface area (Å²) in [6, 6.07) is 16.8. The highest BCUT2D eigenvalue weighted by molar-refractivity contribution is 6.03. The molecule has 6 heteroatoms. The number of amides is 1. The maximum Gasteiger partial charge on any atom is 0.274 e. The van der Waals surface area contributed by atoms with Crippen molar-refractivity contribution in [3.63, 3.8) is 0 Å². The van der Waals surface area contributed by atoms with Gasteiger partial charge in [-0.3, -0.25) is 4.79 Å². The summed E-state index contributed by atoms with van der Waals surface area (Å²) in [4.78, 5) is 21.1. The van der Waals surface area contributed by atoms with E-state index in [2.05, 4.69) is 27.5 Å². The Hall–Kier alpha value is -3.41. The molecule has 0 spiro atoms. The smallest absolute Gasteiger partial charge is 0.274 e. The normalized spacial score (nSPS) is 10.6. The highest BCUT2D eigenvalue weighted by atomic mass is 16.5. The fourth-order valence-electron chi connectivity index (χ4n) is 2.70. The molecule has 0 fully saturated rings. The quantitative estimate of drug-likeness (QED) is 0.618. The van der Waals surface area contributed by atoms with E-state index in [9.17, 15) is 4.79 Å². The molecule has 0 atom stereocenters. The van der Waals surface area contributed by atoms with Crippen LogP contribution in [0.1, 0.15) is 36.8 Å². The van der Waals surface area contributed by atoms with E-state index in [1.165, 1.54) is 0 Å². The molecule has 2 aromatic carbocycles. The monoisotopic (exact) mass is 376 g/mol. The third-order valence-electron chi connectivity index (χ3n) is 4.02. The van der Waals surface area contributed by atoms with Crippen molar-refractivity contribution in [3.05, 3.63) is 72.1 Å². The van der Waals surface area contributed by atoms with Crippen LogP contribution in [0, 0.1) is 0 Å². The van der Waals surface area contributed by atoms with Crippen LogP contribution in [0.25, 0.3) is 0 Å². The first-order valence-electron chi connectivity index (χ1n) is 9.31.